The quantitative estimate of drug-likeness (QED) is 0.252. The number of para-hydroxylation sites is 1. The highest BCUT2D eigenvalue weighted by molar-refractivity contribution is 9.10. The summed E-state index contributed by atoms with van der Waals surface area (Å²) in [5.74, 6) is 1.79. The number of carbonyl (C=O) groups excluding carboxylic acids is 1. The number of tetrazole rings is 1. The van der Waals surface area contributed by atoms with E-state index in [2.05, 4.69) is 42.1 Å². The summed E-state index contributed by atoms with van der Waals surface area (Å²) in [4.78, 5) is 12.1. The minimum atomic E-state index is -0.310. The maximum atomic E-state index is 12.1. The molecule has 0 saturated heterocycles. The number of amides is 1. The van der Waals surface area contributed by atoms with Gasteiger partial charge in [-0.05, 0) is 74.0 Å². The van der Waals surface area contributed by atoms with E-state index in [1.54, 1.807) is 23.6 Å². The van der Waals surface area contributed by atoms with E-state index in [1.165, 1.54) is 0 Å². The Morgan fingerprint density at radius 3 is 2.66 bits per heavy atom. The van der Waals surface area contributed by atoms with Gasteiger partial charge in [0.05, 0.1) is 12.8 Å². The number of thioether (sulfide) groups is 1. The molecule has 1 amide bonds. The number of methoxy groups -OCH3 is 1. The number of ether oxygens (including phenoxy) is 2. The number of benzene rings is 2. The topological polar surface area (TPSA) is 103 Å². The van der Waals surface area contributed by atoms with Crippen LogP contribution in [0, 0.1) is 0 Å². The average Bonchev–Trinajstić information content (AvgIpc) is 3.29. The smallest absolute Gasteiger partial charge is 0.258 e. The average molecular weight is 564 g/mol. The minimum Gasteiger partial charge on any atom is -0.493 e. The molecule has 1 aromatic heterocycles. The van der Waals surface area contributed by atoms with E-state index in [1.807, 2.05) is 63.2 Å². The van der Waals surface area contributed by atoms with Crippen molar-refractivity contribution < 1.29 is 14.3 Å². The van der Waals surface area contributed by atoms with E-state index in [0.717, 1.165) is 39.6 Å². The number of rotatable bonds is 12. The normalized spacial score (nSPS) is 11.3. The Morgan fingerprint density at radius 1 is 1.17 bits per heavy atom. The molecular formula is C24H31BrN6O3S. The molecule has 2 aromatic carbocycles. The summed E-state index contributed by atoms with van der Waals surface area (Å²) in [6.07, 6.45) is 0.950. The van der Waals surface area contributed by atoms with Gasteiger partial charge in [-0.2, -0.15) is 4.68 Å². The highest BCUT2D eigenvalue weighted by atomic mass is 79.9. The van der Waals surface area contributed by atoms with Crippen LogP contribution < -0.4 is 20.1 Å². The van der Waals surface area contributed by atoms with Gasteiger partial charge in [-0.3, -0.25) is 4.79 Å². The lowest BCUT2D eigenvalue weighted by Crippen LogP contribution is -2.43. The van der Waals surface area contributed by atoms with Gasteiger partial charge in [0, 0.05) is 22.3 Å². The molecule has 1 heterocycles. The summed E-state index contributed by atoms with van der Waals surface area (Å²) in [5.41, 5.74) is 1.67. The summed E-state index contributed by atoms with van der Waals surface area (Å²) < 4.78 is 13.8. The van der Waals surface area contributed by atoms with E-state index in [4.69, 9.17) is 9.47 Å². The van der Waals surface area contributed by atoms with Crippen LogP contribution in [0.2, 0.25) is 0 Å². The predicted molar refractivity (Wildman–Crippen MR) is 140 cm³/mol. The minimum absolute atomic E-state index is 0.0805. The van der Waals surface area contributed by atoms with Crippen LogP contribution in [0.4, 0.5) is 0 Å². The zero-order chi connectivity index (χ0) is 25.3. The second kappa shape index (κ2) is 12.9. The number of hydrogen-bond acceptors (Lipinski definition) is 8. The third-order valence-corrected chi connectivity index (χ3v) is 6.44. The van der Waals surface area contributed by atoms with Crippen molar-refractivity contribution in [2.24, 2.45) is 0 Å². The molecular weight excluding hydrogens is 532 g/mol. The summed E-state index contributed by atoms with van der Waals surface area (Å²) in [6.45, 7) is 7.19. The predicted octanol–water partition coefficient (Wildman–Crippen LogP) is 4.00. The van der Waals surface area contributed by atoms with Crippen LogP contribution >= 0.6 is 27.7 Å². The summed E-state index contributed by atoms with van der Waals surface area (Å²) in [5, 5.41) is 19.1. The lowest BCUT2D eigenvalue weighted by atomic mass is 10.1. The van der Waals surface area contributed by atoms with Crippen molar-refractivity contribution in [3.63, 3.8) is 0 Å². The fourth-order valence-corrected chi connectivity index (χ4v) is 4.46. The first-order valence-corrected chi connectivity index (χ1v) is 13.0. The monoisotopic (exact) mass is 562 g/mol. The van der Waals surface area contributed by atoms with Crippen molar-refractivity contribution in [3.05, 3.63) is 52.5 Å². The van der Waals surface area contributed by atoms with Crippen LogP contribution in [0.3, 0.4) is 0 Å². The Hall–Kier alpha value is -2.63. The van der Waals surface area contributed by atoms with Gasteiger partial charge in [-0.25, -0.2) is 0 Å². The number of nitrogens with one attached hydrogen (secondary N) is 2. The summed E-state index contributed by atoms with van der Waals surface area (Å²) in [7, 11) is 1.59. The molecule has 0 unspecified atom stereocenters. The molecule has 3 rings (SSSR count). The molecule has 35 heavy (non-hydrogen) atoms. The fourth-order valence-electron chi connectivity index (χ4n) is 3.17. The second-order valence-electron chi connectivity index (χ2n) is 8.77. The third kappa shape index (κ3) is 8.52. The molecule has 0 spiro atoms. The Bertz CT molecular complexity index is 1100. The van der Waals surface area contributed by atoms with Crippen molar-refractivity contribution in [2.75, 3.05) is 26.0 Å². The Balaban J connectivity index is 1.45. The van der Waals surface area contributed by atoms with Gasteiger partial charge < -0.3 is 20.1 Å². The highest BCUT2D eigenvalue weighted by Crippen LogP contribution is 2.33. The van der Waals surface area contributed by atoms with Gasteiger partial charge in [-0.1, -0.05) is 45.9 Å². The third-order valence-electron chi connectivity index (χ3n) is 4.69. The molecule has 0 bridgehead atoms. The first-order valence-electron chi connectivity index (χ1n) is 11.2. The van der Waals surface area contributed by atoms with Crippen LogP contribution in [-0.4, -0.2) is 57.7 Å². The zero-order valence-corrected chi connectivity index (χ0v) is 22.8. The SMILES string of the molecule is COc1cc(CNCCCSc2nnnn2-c2ccccc2)c(Br)cc1OCC(=O)NC(C)(C)C. The van der Waals surface area contributed by atoms with Crippen LogP contribution in [0.25, 0.3) is 5.69 Å². The molecule has 188 valence electrons. The summed E-state index contributed by atoms with van der Waals surface area (Å²) >= 11 is 5.23. The van der Waals surface area contributed by atoms with Crippen LogP contribution in [0.15, 0.2) is 52.1 Å². The molecule has 0 aliphatic carbocycles. The van der Waals surface area contributed by atoms with Gasteiger partial charge in [-0.15, -0.1) is 5.10 Å². The Kier molecular flexibility index (Phi) is 9.93. The molecule has 0 atom stereocenters. The van der Waals surface area contributed by atoms with Gasteiger partial charge >= 0.3 is 0 Å². The van der Waals surface area contributed by atoms with E-state index < -0.39 is 0 Å². The van der Waals surface area contributed by atoms with Gasteiger partial charge in [0.2, 0.25) is 5.16 Å². The molecule has 0 aliphatic rings. The molecule has 3 aromatic rings. The number of nitrogens with zero attached hydrogens (tertiary/aromatic N) is 4. The van der Waals surface area contributed by atoms with Gasteiger partial charge in [0.15, 0.2) is 18.1 Å². The molecule has 0 saturated carbocycles. The van der Waals surface area contributed by atoms with E-state index in [0.29, 0.717) is 18.0 Å². The fraction of sp³-hybridized carbons (Fsp3) is 0.417. The highest BCUT2D eigenvalue weighted by Gasteiger charge is 2.16. The largest absolute Gasteiger partial charge is 0.493 e. The van der Waals surface area contributed by atoms with E-state index in [-0.39, 0.29) is 18.1 Å². The lowest BCUT2D eigenvalue weighted by Gasteiger charge is -2.21. The van der Waals surface area contributed by atoms with Crippen molar-refractivity contribution in [2.45, 2.75) is 44.4 Å². The maximum Gasteiger partial charge on any atom is 0.258 e. The van der Waals surface area contributed by atoms with Crippen LogP contribution in [-0.2, 0) is 11.3 Å². The molecule has 9 nitrogen and oxygen atoms in total. The van der Waals surface area contributed by atoms with Crippen LogP contribution in [0.1, 0.15) is 32.8 Å². The zero-order valence-electron chi connectivity index (χ0n) is 20.4. The van der Waals surface area contributed by atoms with Crippen molar-refractivity contribution in [1.29, 1.82) is 0 Å². The second-order valence-corrected chi connectivity index (χ2v) is 10.7. The van der Waals surface area contributed by atoms with Gasteiger partial charge in [0.1, 0.15) is 0 Å². The van der Waals surface area contributed by atoms with E-state index in [9.17, 15) is 4.79 Å². The molecule has 0 radical (unpaired) electrons. The number of carbonyl (C=O) groups is 1. The Labute approximate surface area is 218 Å². The van der Waals surface area contributed by atoms with Crippen molar-refractivity contribution >= 4 is 33.6 Å². The Morgan fingerprint density at radius 2 is 1.94 bits per heavy atom. The van der Waals surface area contributed by atoms with Crippen molar-refractivity contribution in [3.8, 4) is 17.2 Å². The number of halogens is 1. The molecule has 2 N–H and O–H groups in total. The summed E-state index contributed by atoms with van der Waals surface area (Å²) in [6, 6.07) is 13.6. The first kappa shape index (κ1) is 27.0. The molecule has 0 aliphatic heterocycles. The van der Waals surface area contributed by atoms with E-state index >= 15 is 0 Å². The maximum absolute atomic E-state index is 12.1. The van der Waals surface area contributed by atoms with Crippen molar-refractivity contribution in [1.82, 2.24) is 30.8 Å². The van der Waals surface area contributed by atoms with Crippen LogP contribution in [0.5, 0.6) is 11.5 Å². The number of aromatic nitrogens is 4. The standard InChI is InChI=1S/C24H31BrN6O3S/c1-24(2,3)27-22(32)16-34-21-14-19(25)17(13-20(21)33-4)15-26-11-8-12-35-23-28-29-30-31(23)18-9-6-5-7-10-18/h5-7,9-10,13-14,26H,8,11-12,15-16H2,1-4H3,(H,27,32). The first-order chi connectivity index (χ1) is 16.8. The van der Waals surface area contributed by atoms with Gasteiger partial charge in [0.25, 0.3) is 5.91 Å². The lowest BCUT2D eigenvalue weighted by molar-refractivity contribution is -0.124. The molecule has 11 heteroatoms. The molecule has 0 fully saturated rings. The number of hydrogen-bond donors (Lipinski definition) is 2.